The van der Waals surface area contributed by atoms with Crippen molar-refractivity contribution in [2.24, 2.45) is 0 Å². The molecular formula is C13H26N2O2. The fourth-order valence-corrected chi connectivity index (χ4v) is 2.13. The van der Waals surface area contributed by atoms with Crippen molar-refractivity contribution in [3.8, 4) is 0 Å². The van der Waals surface area contributed by atoms with Crippen molar-refractivity contribution in [2.75, 3.05) is 33.3 Å². The predicted octanol–water partition coefficient (Wildman–Crippen LogP) is 1.70. The zero-order chi connectivity index (χ0) is 12.7. The van der Waals surface area contributed by atoms with E-state index in [0.29, 0.717) is 6.61 Å². The third kappa shape index (κ3) is 4.28. The number of carbonyl (C=O) groups excluding carboxylic acids is 1. The summed E-state index contributed by atoms with van der Waals surface area (Å²) in [6.45, 7) is 7.76. The van der Waals surface area contributed by atoms with Crippen molar-refractivity contribution in [3.05, 3.63) is 0 Å². The molecule has 1 atom stereocenters. The molecule has 4 nitrogen and oxygen atoms in total. The predicted molar refractivity (Wildman–Crippen MR) is 68.8 cm³/mol. The van der Waals surface area contributed by atoms with Gasteiger partial charge in [-0.2, -0.15) is 0 Å². The van der Waals surface area contributed by atoms with Crippen LogP contribution in [0.15, 0.2) is 0 Å². The Bertz CT molecular complexity index is 233. The standard InChI is InChI=1S/C13H26N2O2/c1-4-6-8-15-10-9-14(3)12(15)13(16)17-11-7-5-2/h12H,4-11H2,1-3H3. The number of hydrogen-bond donors (Lipinski definition) is 0. The Balaban J connectivity index is 2.42. The molecule has 0 aliphatic carbocycles. The Kier molecular flexibility index (Phi) is 6.52. The highest BCUT2D eigenvalue weighted by Gasteiger charge is 2.35. The minimum absolute atomic E-state index is 0.0745. The second kappa shape index (κ2) is 7.67. The highest BCUT2D eigenvalue weighted by molar-refractivity contribution is 5.75. The first-order valence-corrected chi connectivity index (χ1v) is 6.81. The number of carbonyl (C=O) groups is 1. The average Bonchev–Trinajstić information content (AvgIpc) is 2.68. The van der Waals surface area contributed by atoms with Gasteiger partial charge in [-0.3, -0.25) is 9.80 Å². The maximum Gasteiger partial charge on any atom is 0.338 e. The molecular weight excluding hydrogens is 216 g/mol. The molecule has 1 aliphatic heterocycles. The fraction of sp³-hybridized carbons (Fsp3) is 0.923. The Morgan fingerprint density at radius 3 is 2.59 bits per heavy atom. The molecule has 100 valence electrons. The molecule has 1 fully saturated rings. The summed E-state index contributed by atoms with van der Waals surface area (Å²) in [7, 11) is 2.00. The highest BCUT2D eigenvalue weighted by Crippen LogP contribution is 2.15. The fourth-order valence-electron chi connectivity index (χ4n) is 2.13. The molecule has 0 aromatic rings. The summed E-state index contributed by atoms with van der Waals surface area (Å²) in [5, 5.41) is 0. The molecule has 1 rings (SSSR count). The van der Waals surface area contributed by atoms with Crippen LogP contribution in [0.1, 0.15) is 39.5 Å². The lowest BCUT2D eigenvalue weighted by molar-refractivity contribution is -0.153. The van der Waals surface area contributed by atoms with E-state index in [1.807, 2.05) is 7.05 Å². The van der Waals surface area contributed by atoms with Crippen LogP contribution in [0.5, 0.6) is 0 Å². The van der Waals surface area contributed by atoms with E-state index in [1.54, 1.807) is 0 Å². The lowest BCUT2D eigenvalue weighted by Crippen LogP contribution is -2.45. The Hall–Kier alpha value is -0.610. The first-order valence-electron chi connectivity index (χ1n) is 6.81. The summed E-state index contributed by atoms with van der Waals surface area (Å²) >= 11 is 0. The van der Waals surface area contributed by atoms with Crippen molar-refractivity contribution in [2.45, 2.75) is 45.7 Å². The molecule has 17 heavy (non-hydrogen) atoms. The van der Waals surface area contributed by atoms with Crippen LogP contribution in [0.4, 0.5) is 0 Å². The molecule has 1 unspecified atom stereocenters. The molecule has 0 bridgehead atoms. The monoisotopic (exact) mass is 242 g/mol. The third-order valence-electron chi connectivity index (χ3n) is 3.26. The van der Waals surface area contributed by atoms with Gasteiger partial charge in [-0.1, -0.05) is 26.7 Å². The Labute approximate surface area is 105 Å². The van der Waals surface area contributed by atoms with Crippen LogP contribution in [0.2, 0.25) is 0 Å². The van der Waals surface area contributed by atoms with Gasteiger partial charge in [0, 0.05) is 19.6 Å². The van der Waals surface area contributed by atoms with Gasteiger partial charge in [-0.25, -0.2) is 4.79 Å². The smallest absolute Gasteiger partial charge is 0.338 e. The second-order valence-electron chi connectivity index (χ2n) is 4.76. The molecule has 0 amide bonds. The quantitative estimate of drug-likeness (QED) is 0.502. The summed E-state index contributed by atoms with van der Waals surface area (Å²) in [5.74, 6) is -0.0745. The molecule has 1 aliphatic rings. The second-order valence-corrected chi connectivity index (χ2v) is 4.76. The van der Waals surface area contributed by atoms with Gasteiger partial charge in [0.15, 0.2) is 6.17 Å². The lowest BCUT2D eigenvalue weighted by atomic mass is 10.3. The van der Waals surface area contributed by atoms with E-state index >= 15 is 0 Å². The first kappa shape index (κ1) is 14.5. The summed E-state index contributed by atoms with van der Waals surface area (Å²) in [6, 6.07) is 0. The van der Waals surface area contributed by atoms with Crippen LogP contribution < -0.4 is 0 Å². The summed E-state index contributed by atoms with van der Waals surface area (Å²) in [5.41, 5.74) is 0. The van der Waals surface area contributed by atoms with Gasteiger partial charge in [0.2, 0.25) is 0 Å². The van der Waals surface area contributed by atoms with E-state index in [1.165, 1.54) is 0 Å². The molecule has 0 N–H and O–H groups in total. The largest absolute Gasteiger partial charge is 0.464 e. The van der Waals surface area contributed by atoms with E-state index in [9.17, 15) is 4.79 Å². The number of unbranched alkanes of at least 4 members (excludes halogenated alkanes) is 2. The van der Waals surface area contributed by atoms with Crippen LogP contribution in [0, 0.1) is 0 Å². The first-order chi connectivity index (χ1) is 8.20. The van der Waals surface area contributed by atoms with Gasteiger partial charge >= 0.3 is 5.97 Å². The van der Waals surface area contributed by atoms with Gasteiger partial charge in [0.05, 0.1) is 6.61 Å². The third-order valence-corrected chi connectivity index (χ3v) is 3.26. The van der Waals surface area contributed by atoms with E-state index in [4.69, 9.17) is 4.74 Å². The number of rotatable bonds is 7. The van der Waals surface area contributed by atoms with Gasteiger partial charge < -0.3 is 4.74 Å². The maximum atomic E-state index is 12.0. The summed E-state index contributed by atoms with van der Waals surface area (Å²) < 4.78 is 5.32. The zero-order valence-corrected chi connectivity index (χ0v) is 11.4. The Morgan fingerprint density at radius 1 is 1.24 bits per heavy atom. The SMILES string of the molecule is CCCCOC(=O)C1N(C)CCN1CCCC. The van der Waals surface area contributed by atoms with Crippen LogP contribution >= 0.6 is 0 Å². The van der Waals surface area contributed by atoms with Gasteiger partial charge in [0.1, 0.15) is 0 Å². The van der Waals surface area contributed by atoms with Crippen LogP contribution in [-0.2, 0) is 9.53 Å². The van der Waals surface area contributed by atoms with Gasteiger partial charge in [-0.15, -0.1) is 0 Å². The molecule has 1 heterocycles. The molecule has 0 aromatic heterocycles. The van der Waals surface area contributed by atoms with Crippen molar-refractivity contribution in [3.63, 3.8) is 0 Å². The van der Waals surface area contributed by atoms with Crippen molar-refractivity contribution < 1.29 is 9.53 Å². The van der Waals surface area contributed by atoms with Crippen LogP contribution in [-0.4, -0.2) is 55.2 Å². The average molecular weight is 242 g/mol. The molecule has 0 saturated carbocycles. The normalized spacial score (nSPS) is 21.9. The topological polar surface area (TPSA) is 32.8 Å². The van der Waals surface area contributed by atoms with Gasteiger partial charge in [0.25, 0.3) is 0 Å². The zero-order valence-electron chi connectivity index (χ0n) is 11.4. The summed E-state index contributed by atoms with van der Waals surface area (Å²) in [4.78, 5) is 16.3. The minimum Gasteiger partial charge on any atom is -0.464 e. The van der Waals surface area contributed by atoms with Crippen molar-refractivity contribution >= 4 is 5.97 Å². The molecule has 0 radical (unpaired) electrons. The van der Waals surface area contributed by atoms with E-state index in [-0.39, 0.29) is 12.1 Å². The van der Waals surface area contributed by atoms with E-state index in [2.05, 4.69) is 23.6 Å². The number of likely N-dealkylation sites (N-methyl/N-ethyl adjacent to an activating group) is 1. The minimum atomic E-state index is -0.154. The van der Waals surface area contributed by atoms with E-state index < -0.39 is 0 Å². The molecule has 4 heteroatoms. The maximum absolute atomic E-state index is 12.0. The molecule has 1 saturated heterocycles. The van der Waals surface area contributed by atoms with Crippen LogP contribution in [0.25, 0.3) is 0 Å². The summed E-state index contributed by atoms with van der Waals surface area (Å²) in [6.07, 6.45) is 4.17. The lowest BCUT2D eigenvalue weighted by Gasteiger charge is -2.25. The van der Waals surface area contributed by atoms with Crippen LogP contribution in [0.3, 0.4) is 0 Å². The number of ether oxygens (including phenoxy) is 1. The molecule has 0 spiro atoms. The van der Waals surface area contributed by atoms with Crippen molar-refractivity contribution in [1.82, 2.24) is 9.80 Å². The Morgan fingerprint density at radius 2 is 1.94 bits per heavy atom. The number of esters is 1. The highest BCUT2D eigenvalue weighted by atomic mass is 16.5. The number of nitrogens with zero attached hydrogens (tertiary/aromatic N) is 2. The number of hydrogen-bond acceptors (Lipinski definition) is 4. The van der Waals surface area contributed by atoms with E-state index in [0.717, 1.165) is 45.3 Å². The van der Waals surface area contributed by atoms with Crippen molar-refractivity contribution in [1.29, 1.82) is 0 Å². The molecule has 0 aromatic carbocycles. The van der Waals surface area contributed by atoms with Gasteiger partial charge in [-0.05, 0) is 19.9 Å².